The van der Waals surface area contributed by atoms with E-state index in [-0.39, 0.29) is 0 Å². The van der Waals surface area contributed by atoms with E-state index in [2.05, 4.69) is 54.8 Å². The highest BCUT2D eigenvalue weighted by Crippen LogP contribution is 2.27. The van der Waals surface area contributed by atoms with Crippen LogP contribution in [0.15, 0.2) is 29.6 Å². The molecule has 0 N–H and O–H groups in total. The van der Waals surface area contributed by atoms with Crippen LogP contribution in [0.1, 0.15) is 17.0 Å². The van der Waals surface area contributed by atoms with Crippen LogP contribution in [0, 0.1) is 20.8 Å². The van der Waals surface area contributed by atoms with Crippen LogP contribution >= 0.6 is 11.3 Å². The molecule has 1 aromatic carbocycles. The summed E-state index contributed by atoms with van der Waals surface area (Å²) in [6, 6.07) is 8.55. The molecular weight excluding hydrogens is 228 g/mol. The average Bonchev–Trinajstić information content (AvgIpc) is 2.83. The Morgan fingerprint density at radius 3 is 2.41 bits per heavy atom. The number of aryl methyl sites for hydroxylation is 3. The third-order valence-electron chi connectivity index (χ3n) is 3.09. The van der Waals surface area contributed by atoms with Gasteiger partial charge in [0, 0.05) is 22.3 Å². The lowest BCUT2D eigenvalue weighted by atomic mass is 10.1. The summed E-state index contributed by atoms with van der Waals surface area (Å²) >= 11 is 1.70. The van der Waals surface area contributed by atoms with Crippen molar-refractivity contribution in [2.24, 2.45) is 0 Å². The van der Waals surface area contributed by atoms with Gasteiger partial charge in [-0.1, -0.05) is 29.8 Å². The fourth-order valence-electron chi connectivity index (χ4n) is 2.15. The van der Waals surface area contributed by atoms with Crippen molar-refractivity contribution in [3.8, 4) is 11.3 Å². The summed E-state index contributed by atoms with van der Waals surface area (Å²) in [6.07, 6.45) is 0. The lowest BCUT2D eigenvalue weighted by Crippen LogP contribution is -1.88. The van der Waals surface area contributed by atoms with E-state index >= 15 is 0 Å². The molecule has 0 radical (unpaired) electrons. The molecule has 0 aliphatic heterocycles. The Labute approximate surface area is 105 Å². The third kappa shape index (κ3) is 1.58. The van der Waals surface area contributed by atoms with Crippen molar-refractivity contribution in [2.45, 2.75) is 20.8 Å². The molecule has 0 fully saturated rings. The van der Waals surface area contributed by atoms with E-state index in [1.807, 2.05) is 0 Å². The molecule has 0 unspecified atom stereocenters. The smallest absolute Gasteiger partial charge is 0.194 e. The largest absolute Gasteiger partial charge is 0.292 e. The highest BCUT2D eigenvalue weighted by Gasteiger charge is 2.12. The summed E-state index contributed by atoms with van der Waals surface area (Å²) in [6.45, 7) is 6.36. The van der Waals surface area contributed by atoms with Gasteiger partial charge in [-0.15, -0.1) is 11.3 Å². The van der Waals surface area contributed by atoms with Crippen molar-refractivity contribution >= 4 is 16.3 Å². The first kappa shape index (κ1) is 10.5. The summed E-state index contributed by atoms with van der Waals surface area (Å²) in [7, 11) is 0. The monoisotopic (exact) mass is 242 g/mol. The summed E-state index contributed by atoms with van der Waals surface area (Å²) in [5.41, 5.74) is 6.06. The third-order valence-corrected chi connectivity index (χ3v) is 4.03. The van der Waals surface area contributed by atoms with Gasteiger partial charge in [-0.3, -0.25) is 4.40 Å². The van der Waals surface area contributed by atoms with Gasteiger partial charge in [-0.25, -0.2) is 4.98 Å². The zero-order chi connectivity index (χ0) is 12.0. The number of hydrogen-bond acceptors (Lipinski definition) is 2. The number of fused-ring (bicyclic) bond motifs is 1. The van der Waals surface area contributed by atoms with Crippen molar-refractivity contribution in [1.82, 2.24) is 9.38 Å². The van der Waals surface area contributed by atoms with Crippen LogP contribution in [0.5, 0.6) is 0 Å². The van der Waals surface area contributed by atoms with Gasteiger partial charge in [0.2, 0.25) is 0 Å². The number of aromatic nitrogens is 2. The van der Waals surface area contributed by atoms with Gasteiger partial charge < -0.3 is 0 Å². The van der Waals surface area contributed by atoms with E-state index < -0.39 is 0 Å². The van der Waals surface area contributed by atoms with Crippen molar-refractivity contribution in [1.29, 1.82) is 0 Å². The molecule has 0 saturated heterocycles. The molecule has 0 spiro atoms. The number of hydrogen-bond donors (Lipinski definition) is 0. The molecule has 0 bridgehead atoms. The predicted octanol–water partition coefficient (Wildman–Crippen LogP) is 3.99. The molecule has 3 heteroatoms. The predicted molar refractivity (Wildman–Crippen MR) is 72.7 cm³/mol. The van der Waals surface area contributed by atoms with E-state index in [0.29, 0.717) is 0 Å². The zero-order valence-corrected chi connectivity index (χ0v) is 11.0. The molecule has 0 aliphatic rings. The second kappa shape index (κ2) is 3.70. The fourth-order valence-corrected chi connectivity index (χ4v) is 3.06. The molecule has 0 saturated carbocycles. The van der Waals surface area contributed by atoms with Gasteiger partial charge in [0.1, 0.15) is 0 Å². The molecule has 3 aromatic rings. The molecule has 86 valence electrons. The molecule has 0 aliphatic carbocycles. The lowest BCUT2D eigenvalue weighted by molar-refractivity contribution is 1.07. The van der Waals surface area contributed by atoms with Crippen molar-refractivity contribution in [2.75, 3.05) is 0 Å². The summed E-state index contributed by atoms with van der Waals surface area (Å²) in [5.74, 6) is 0. The van der Waals surface area contributed by atoms with Crippen LogP contribution in [-0.4, -0.2) is 9.38 Å². The Morgan fingerprint density at radius 1 is 1.06 bits per heavy atom. The normalized spacial score (nSPS) is 11.2. The van der Waals surface area contributed by atoms with Gasteiger partial charge in [-0.2, -0.15) is 0 Å². The second-order valence-corrected chi connectivity index (χ2v) is 5.24. The maximum absolute atomic E-state index is 4.71. The van der Waals surface area contributed by atoms with Crippen LogP contribution in [-0.2, 0) is 0 Å². The number of imidazole rings is 1. The summed E-state index contributed by atoms with van der Waals surface area (Å²) in [4.78, 5) is 5.79. The van der Waals surface area contributed by atoms with Crippen LogP contribution in [0.25, 0.3) is 16.2 Å². The summed E-state index contributed by atoms with van der Waals surface area (Å²) < 4.78 is 2.22. The lowest BCUT2D eigenvalue weighted by Gasteiger charge is -2.00. The minimum absolute atomic E-state index is 1.08. The standard InChI is InChI=1S/C14H14N2S/c1-9-4-6-12(7-5-9)13-11(3)16-10(2)8-17-14(16)15-13/h4-8H,1-3H3. The Balaban J connectivity index is 2.23. The molecule has 2 heterocycles. The van der Waals surface area contributed by atoms with Gasteiger partial charge in [0.25, 0.3) is 0 Å². The molecular formula is C14H14N2S. The van der Waals surface area contributed by atoms with E-state index in [1.165, 1.54) is 22.5 Å². The summed E-state index contributed by atoms with van der Waals surface area (Å²) in [5, 5.41) is 2.15. The number of benzene rings is 1. The Morgan fingerprint density at radius 2 is 1.76 bits per heavy atom. The highest BCUT2D eigenvalue weighted by molar-refractivity contribution is 7.15. The maximum atomic E-state index is 4.71. The Bertz CT molecular complexity index is 674. The molecule has 0 amide bonds. The number of nitrogens with zero attached hydrogens (tertiary/aromatic N) is 2. The van der Waals surface area contributed by atoms with Gasteiger partial charge in [0.05, 0.1) is 5.69 Å². The highest BCUT2D eigenvalue weighted by atomic mass is 32.1. The van der Waals surface area contributed by atoms with Crippen molar-refractivity contribution < 1.29 is 0 Å². The maximum Gasteiger partial charge on any atom is 0.194 e. The first-order valence-electron chi connectivity index (χ1n) is 5.67. The van der Waals surface area contributed by atoms with Crippen molar-refractivity contribution in [3.05, 3.63) is 46.6 Å². The quantitative estimate of drug-likeness (QED) is 0.630. The topological polar surface area (TPSA) is 17.3 Å². The number of rotatable bonds is 1. The van der Waals surface area contributed by atoms with E-state index in [1.54, 1.807) is 11.3 Å². The molecule has 17 heavy (non-hydrogen) atoms. The zero-order valence-electron chi connectivity index (χ0n) is 10.2. The first-order chi connectivity index (χ1) is 8.16. The fraction of sp³-hybridized carbons (Fsp3) is 0.214. The van der Waals surface area contributed by atoms with Gasteiger partial charge in [0.15, 0.2) is 4.96 Å². The molecule has 0 atom stereocenters. The Kier molecular flexibility index (Phi) is 2.30. The minimum atomic E-state index is 1.08. The van der Waals surface area contributed by atoms with Gasteiger partial charge >= 0.3 is 0 Å². The second-order valence-electron chi connectivity index (χ2n) is 4.41. The first-order valence-corrected chi connectivity index (χ1v) is 6.55. The molecule has 2 aromatic heterocycles. The van der Waals surface area contributed by atoms with Gasteiger partial charge in [-0.05, 0) is 20.8 Å². The average molecular weight is 242 g/mol. The molecule has 3 rings (SSSR count). The van der Waals surface area contributed by atoms with Crippen LogP contribution in [0.2, 0.25) is 0 Å². The molecule has 2 nitrogen and oxygen atoms in total. The number of thiazole rings is 1. The van der Waals surface area contributed by atoms with Crippen LogP contribution in [0.4, 0.5) is 0 Å². The SMILES string of the molecule is Cc1ccc(-c2nc3scc(C)n3c2C)cc1. The van der Waals surface area contributed by atoms with E-state index in [0.717, 1.165) is 10.7 Å². The minimum Gasteiger partial charge on any atom is -0.292 e. The van der Waals surface area contributed by atoms with Crippen molar-refractivity contribution in [3.63, 3.8) is 0 Å². The van der Waals surface area contributed by atoms with Crippen LogP contribution in [0.3, 0.4) is 0 Å². The Hall–Kier alpha value is -1.61. The van der Waals surface area contributed by atoms with E-state index in [4.69, 9.17) is 4.98 Å². The van der Waals surface area contributed by atoms with E-state index in [9.17, 15) is 0 Å². The van der Waals surface area contributed by atoms with Crippen LogP contribution < -0.4 is 0 Å².